The first-order chi connectivity index (χ1) is 12.6. The summed E-state index contributed by atoms with van der Waals surface area (Å²) in [6.45, 7) is 2.49. The Bertz CT molecular complexity index is 819. The first-order valence-electron chi connectivity index (χ1n) is 8.61. The van der Waals surface area contributed by atoms with Crippen molar-refractivity contribution in [3.05, 3.63) is 48.0 Å². The fraction of sp³-hybridized carbons (Fsp3) is 0.300. The zero-order valence-electron chi connectivity index (χ0n) is 15.0. The number of aryl methyl sites for hydroxylation is 1. The molecule has 0 spiro atoms. The highest BCUT2D eigenvalue weighted by molar-refractivity contribution is 5.97. The fourth-order valence-electron chi connectivity index (χ4n) is 3.06. The molecular weight excluding hydrogens is 332 g/mol. The van der Waals surface area contributed by atoms with Crippen molar-refractivity contribution in [3.63, 3.8) is 0 Å². The molecule has 0 saturated carbocycles. The number of nitrogens with one attached hydrogen (secondary N) is 1. The van der Waals surface area contributed by atoms with Crippen molar-refractivity contribution in [1.29, 1.82) is 0 Å². The second-order valence-corrected chi connectivity index (χ2v) is 5.97. The molecule has 2 aromatic carbocycles. The normalized spacial score (nSPS) is 13.2. The number of amides is 2. The van der Waals surface area contributed by atoms with Crippen LogP contribution in [0.3, 0.4) is 0 Å². The van der Waals surface area contributed by atoms with Crippen LogP contribution in [0.1, 0.15) is 18.9 Å². The molecule has 0 bridgehead atoms. The lowest BCUT2D eigenvalue weighted by Gasteiger charge is -2.28. The molecule has 6 heteroatoms. The number of hydrogen-bond acceptors (Lipinski definition) is 4. The summed E-state index contributed by atoms with van der Waals surface area (Å²) in [5.74, 6) is 0.989. The maximum atomic E-state index is 12.2. The van der Waals surface area contributed by atoms with Gasteiger partial charge in [-0.2, -0.15) is 0 Å². The summed E-state index contributed by atoms with van der Waals surface area (Å²) in [5.41, 5.74) is 2.68. The van der Waals surface area contributed by atoms with Gasteiger partial charge < -0.3 is 19.7 Å². The number of anilines is 2. The van der Waals surface area contributed by atoms with Crippen LogP contribution in [0.4, 0.5) is 11.4 Å². The summed E-state index contributed by atoms with van der Waals surface area (Å²) in [6, 6.07) is 12.8. The minimum atomic E-state index is -0.255. The second kappa shape index (κ2) is 7.91. The lowest BCUT2D eigenvalue weighted by molar-refractivity contribution is -0.119. The summed E-state index contributed by atoms with van der Waals surface area (Å²) in [5, 5.41) is 2.84. The molecule has 26 heavy (non-hydrogen) atoms. The molecule has 6 nitrogen and oxygen atoms in total. The van der Waals surface area contributed by atoms with Crippen molar-refractivity contribution in [2.45, 2.75) is 19.8 Å². The Morgan fingerprint density at radius 2 is 1.92 bits per heavy atom. The van der Waals surface area contributed by atoms with Crippen molar-refractivity contribution in [2.75, 3.05) is 30.5 Å². The van der Waals surface area contributed by atoms with Gasteiger partial charge in [-0.3, -0.25) is 9.59 Å². The van der Waals surface area contributed by atoms with Crippen LogP contribution >= 0.6 is 0 Å². The summed E-state index contributed by atoms with van der Waals surface area (Å²) < 4.78 is 10.7. The van der Waals surface area contributed by atoms with Crippen LogP contribution in [0.15, 0.2) is 42.5 Å². The Hall–Kier alpha value is -3.02. The monoisotopic (exact) mass is 354 g/mol. The van der Waals surface area contributed by atoms with E-state index < -0.39 is 0 Å². The third-order valence-electron chi connectivity index (χ3n) is 4.31. The van der Waals surface area contributed by atoms with E-state index in [0.29, 0.717) is 36.6 Å². The molecular formula is C20H22N2O4. The highest BCUT2D eigenvalue weighted by Gasteiger charge is 2.23. The van der Waals surface area contributed by atoms with Gasteiger partial charge in [-0.05, 0) is 49.2 Å². The zero-order valence-corrected chi connectivity index (χ0v) is 15.0. The van der Waals surface area contributed by atoms with Gasteiger partial charge in [0, 0.05) is 24.3 Å². The molecule has 1 aliphatic rings. The summed E-state index contributed by atoms with van der Waals surface area (Å²) in [6.07, 6.45) is 1.18. The van der Waals surface area contributed by atoms with Crippen LogP contribution in [0.5, 0.6) is 11.5 Å². The molecule has 0 aliphatic carbocycles. The molecule has 0 radical (unpaired) electrons. The predicted octanol–water partition coefficient (Wildman–Crippen LogP) is 3.01. The zero-order chi connectivity index (χ0) is 18.5. The Morgan fingerprint density at radius 3 is 2.65 bits per heavy atom. The summed E-state index contributed by atoms with van der Waals surface area (Å²) >= 11 is 0. The van der Waals surface area contributed by atoms with E-state index in [9.17, 15) is 9.59 Å². The third-order valence-corrected chi connectivity index (χ3v) is 4.31. The standard InChI is InChI=1S/C20H22N2O4/c1-3-22-16-10-9-15(12-14(16)8-11-20(22)24)21-19(23)13-26-18-7-5-4-6-17(18)25-2/h4-7,9-10,12H,3,8,11,13H2,1-2H3,(H,21,23). The lowest BCUT2D eigenvalue weighted by atomic mass is 10.0. The van der Waals surface area contributed by atoms with Gasteiger partial charge in [0.05, 0.1) is 7.11 Å². The van der Waals surface area contributed by atoms with Gasteiger partial charge in [-0.1, -0.05) is 12.1 Å². The number of carbonyl (C=O) groups excluding carboxylic acids is 2. The number of carbonyl (C=O) groups is 2. The van der Waals surface area contributed by atoms with Gasteiger partial charge in [-0.25, -0.2) is 0 Å². The number of fused-ring (bicyclic) bond motifs is 1. The summed E-state index contributed by atoms with van der Waals surface area (Å²) in [4.78, 5) is 25.9. The molecule has 1 aliphatic heterocycles. The minimum absolute atomic E-state index is 0.114. The number of para-hydroxylation sites is 2. The lowest BCUT2D eigenvalue weighted by Crippen LogP contribution is -2.34. The number of nitrogens with zero attached hydrogens (tertiary/aromatic N) is 1. The van der Waals surface area contributed by atoms with Crippen LogP contribution < -0.4 is 19.7 Å². The van der Waals surface area contributed by atoms with Crippen molar-refractivity contribution < 1.29 is 19.1 Å². The molecule has 2 amide bonds. The molecule has 0 saturated heterocycles. The molecule has 0 fully saturated rings. The Labute approximate surface area is 152 Å². The Balaban J connectivity index is 1.64. The molecule has 3 rings (SSSR count). The average Bonchev–Trinajstić information content (AvgIpc) is 2.66. The predicted molar refractivity (Wildman–Crippen MR) is 99.9 cm³/mol. The first kappa shape index (κ1) is 17.8. The highest BCUT2D eigenvalue weighted by Crippen LogP contribution is 2.30. The van der Waals surface area contributed by atoms with E-state index in [-0.39, 0.29) is 18.4 Å². The smallest absolute Gasteiger partial charge is 0.262 e. The van der Waals surface area contributed by atoms with E-state index >= 15 is 0 Å². The van der Waals surface area contributed by atoms with Crippen LogP contribution in [0.25, 0.3) is 0 Å². The maximum absolute atomic E-state index is 12.2. The van der Waals surface area contributed by atoms with Crippen molar-refractivity contribution in [1.82, 2.24) is 0 Å². The van der Waals surface area contributed by atoms with Gasteiger partial charge in [0.15, 0.2) is 18.1 Å². The van der Waals surface area contributed by atoms with Crippen molar-refractivity contribution >= 4 is 23.2 Å². The second-order valence-electron chi connectivity index (χ2n) is 5.97. The maximum Gasteiger partial charge on any atom is 0.262 e. The number of rotatable bonds is 6. The molecule has 1 N–H and O–H groups in total. The van der Waals surface area contributed by atoms with Gasteiger partial charge in [0.1, 0.15) is 0 Å². The average molecular weight is 354 g/mol. The topological polar surface area (TPSA) is 67.9 Å². The van der Waals surface area contributed by atoms with E-state index in [1.807, 2.05) is 31.2 Å². The molecule has 1 heterocycles. The van der Waals surface area contributed by atoms with Gasteiger partial charge in [-0.15, -0.1) is 0 Å². The molecule has 2 aromatic rings. The molecule has 136 valence electrons. The third kappa shape index (κ3) is 3.79. The van der Waals surface area contributed by atoms with Crippen LogP contribution in [0.2, 0.25) is 0 Å². The Kier molecular flexibility index (Phi) is 5.41. The van der Waals surface area contributed by atoms with E-state index in [2.05, 4.69) is 5.32 Å². The molecule has 0 unspecified atom stereocenters. The molecule has 0 aromatic heterocycles. The van der Waals surface area contributed by atoms with Crippen molar-refractivity contribution in [3.8, 4) is 11.5 Å². The van der Waals surface area contributed by atoms with E-state index in [4.69, 9.17) is 9.47 Å². The van der Waals surface area contributed by atoms with Crippen LogP contribution in [-0.4, -0.2) is 32.1 Å². The quantitative estimate of drug-likeness (QED) is 0.866. The van der Waals surface area contributed by atoms with E-state index in [1.54, 1.807) is 30.2 Å². The van der Waals surface area contributed by atoms with Crippen LogP contribution in [0, 0.1) is 0 Å². The largest absolute Gasteiger partial charge is 0.493 e. The SMILES string of the molecule is CCN1C(=O)CCc2cc(NC(=O)COc3ccccc3OC)ccc21. The van der Waals surface area contributed by atoms with Gasteiger partial charge in [0.25, 0.3) is 5.91 Å². The number of methoxy groups -OCH3 is 1. The number of hydrogen-bond donors (Lipinski definition) is 1. The number of benzene rings is 2. The minimum Gasteiger partial charge on any atom is -0.493 e. The van der Waals surface area contributed by atoms with Gasteiger partial charge >= 0.3 is 0 Å². The summed E-state index contributed by atoms with van der Waals surface area (Å²) in [7, 11) is 1.56. The van der Waals surface area contributed by atoms with Crippen molar-refractivity contribution in [2.24, 2.45) is 0 Å². The fourth-order valence-corrected chi connectivity index (χ4v) is 3.06. The van der Waals surface area contributed by atoms with E-state index in [1.165, 1.54) is 0 Å². The van der Waals surface area contributed by atoms with Crippen LogP contribution in [-0.2, 0) is 16.0 Å². The first-order valence-corrected chi connectivity index (χ1v) is 8.61. The van der Waals surface area contributed by atoms with Gasteiger partial charge in [0.2, 0.25) is 5.91 Å². The highest BCUT2D eigenvalue weighted by atomic mass is 16.5. The van der Waals surface area contributed by atoms with E-state index in [0.717, 1.165) is 11.3 Å². The number of ether oxygens (including phenoxy) is 2. The Morgan fingerprint density at radius 1 is 1.15 bits per heavy atom. The molecule has 0 atom stereocenters.